The second-order valence-corrected chi connectivity index (χ2v) is 5.41. The molecule has 0 bridgehead atoms. The molecular weight excluding hydrogens is 332 g/mol. The summed E-state index contributed by atoms with van der Waals surface area (Å²) in [4.78, 5) is 22.8. The summed E-state index contributed by atoms with van der Waals surface area (Å²) >= 11 is 0. The highest BCUT2D eigenvalue weighted by Crippen LogP contribution is 2.10. The van der Waals surface area contributed by atoms with E-state index in [4.69, 9.17) is 19.3 Å². The molecular formula is C17H28O8. The lowest BCUT2D eigenvalue weighted by Gasteiger charge is -2.17. The third kappa shape index (κ3) is 12.3. The quantitative estimate of drug-likeness (QED) is 0.297. The van der Waals surface area contributed by atoms with Crippen molar-refractivity contribution in [2.24, 2.45) is 0 Å². The highest BCUT2D eigenvalue weighted by molar-refractivity contribution is 5.82. The minimum Gasteiger partial charge on any atom is -0.466 e. The van der Waals surface area contributed by atoms with Gasteiger partial charge in [0, 0.05) is 19.3 Å². The largest absolute Gasteiger partial charge is 0.466 e. The van der Waals surface area contributed by atoms with Crippen molar-refractivity contribution in [3.05, 3.63) is 24.3 Å². The molecule has 0 aliphatic rings. The van der Waals surface area contributed by atoms with Gasteiger partial charge in [0.05, 0.1) is 31.5 Å². The molecule has 0 saturated carbocycles. The molecule has 0 heterocycles. The van der Waals surface area contributed by atoms with Crippen molar-refractivity contribution in [1.82, 2.24) is 0 Å². The van der Waals surface area contributed by atoms with Crippen molar-refractivity contribution in [3.8, 4) is 0 Å². The third-order valence-electron chi connectivity index (χ3n) is 3.15. The van der Waals surface area contributed by atoms with Crippen molar-refractivity contribution in [2.45, 2.75) is 51.1 Å². The molecule has 0 saturated heterocycles. The molecule has 0 fully saturated rings. The number of ether oxygens (including phenoxy) is 4. The molecule has 8 nitrogen and oxygen atoms in total. The van der Waals surface area contributed by atoms with Crippen molar-refractivity contribution >= 4 is 11.9 Å². The van der Waals surface area contributed by atoms with Gasteiger partial charge >= 0.3 is 11.9 Å². The lowest BCUT2D eigenvalue weighted by Crippen LogP contribution is -2.21. The van der Waals surface area contributed by atoms with E-state index in [0.29, 0.717) is 12.8 Å². The summed E-state index contributed by atoms with van der Waals surface area (Å²) in [5.41, 5.74) is 0. The van der Waals surface area contributed by atoms with Crippen molar-refractivity contribution in [1.29, 1.82) is 0 Å². The number of hydrogen-bond acceptors (Lipinski definition) is 8. The van der Waals surface area contributed by atoms with Crippen LogP contribution in [0.1, 0.15) is 26.7 Å². The van der Waals surface area contributed by atoms with Gasteiger partial charge in [-0.3, -0.25) is 0 Å². The Bertz CT molecular complexity index is 444. The van der Waals surface area contributed by atoms with E-state index in [1.54, 1.807) is 13.0 Å². The Kier molecular flexibility index (Phi) is 12.6. The molecule has 0 aliphatic carbocycles. The first-order valence-electron chi connectivity index (χ1n) is 7.91. The van der Waals surface area contributed by atoms with Crippen molar-refractivity contribution in [2.75, 3.05) is 21.0 Å². The molecule has 0 amide bonds. The molecule has 0 aromatic heterocycles. The molecule has 0 unspecified atom stereocenters. The van der Waals surface area contributed by atoms with Crippen LogP contribution in [-0.2, 0) is 28.5 Å². The molecule has 0 aromatic rings. The first-order valence-corrected chi connectivity index (χ1v) is 7.91. The maximum Gasteiger partial charge on any atom is 0.330 e. The lowest BCUT2D eigenvalue weighted by molar-refractivity contribution is -0.143. The first-order chi connectivity index (χ1) is 11.8. The first kappa shape index (κ1) is 23.3. The van der Waals surface area contributed by atoms with Gasteiger partial charge < -0.3 is 29.2 Å². The van der Waals surface area contributed by atoms with Gasteiger partial charge in [0.2, 0.25) is 0 Å². The van der Waals surface area contributed by atoms with Crippen LogP contribution in [0.25, 0.3) is 0 Å². The molecule has 25 heavy (non-hydrogen) atoms. The standard InChI is InChI=1S/C17H28O8/c1-12(25-17(21)10-8-15(19)13(2)18)5-6-14(24-11-22-3)7-9-16(20)23-4/h7-10,12-15,18-19H,5-6,11H2,1-4H3/b9-7+,10-8+/t12-,13-,14-,15-/m1/s1. The summed E-state index contributed by atoms with van der Waals surface area (Å²) < 4.78 is 19.9. The second-order valence-electron chi connectivity index (χ2n) is 5.41. The second kappa shape index (κ2) is 13.5. The van der Waals surface area contributed by atoms with Crippen LogP contribution in [0.3, 0.4) is 0 Å². The predicted molar refractivity (Wildman–Crippen MR) is 89.5 cm³/mol. The molecule has 2 N–H and O–H groups in total. The van der Waals surface area contributed by atoms with Gasteiger partial charge in [0.15, 0.2) is 0 Å². The fourth-order valence-electron chi connectivity index (χ4n) is 1.68. The van der Waals surface area contributed by atoms with Crippen LogP contribution in [0.15, 0.2) is 24.3 Å². The molecule has 8 heteroatoms. The maximum atomic E-state index is 11.6. The summed E-state index contributed by atoms with van der Waals surface area (Å²) in [5.74, 6) is -1.11. The van der Waals surface area contributed by atoms with Gasteiger partial charge in [0.25, 0.3) is 0 Å². The van der Waals surface area contributed by atoms with Crippen LogP contribution < -0.4 is 0 Å². The summed E-state index contributed by atoms with van der Waals surface area (Å²) in [6, 6.07) is 0. The van der Waals surface area contributed by atoms with Crippen LogP contribution in [0.4, 0.5) is 0 Å². The fourth-order valence-corrected chi connectivity index (χ4v) is 1.68. The molecule has 0 spiro atoms. The minimum absolute atomic E-state index is 0.0598. The van der Waals surface area contributed by atoms with Gasteiger partial charge in [-0.25, -0.2) is 9.59 Å². The van der Waals surface area contributed by atoms with E-state index in [-0.39, 0.29) is 6.79 Å². The SMILES string of the molecule is COCO[C@@H](/C=C/C(=O)OC)CC[C@@H](C)OC(=O)/C=C/[C@@H](O)[C@@H](C)O. The lowest BCUT2D eigenvalue weighted by atomic mass is 10.1. The van der Waals surface area contributed by atoms with E-state index < -0.39 is 36.4 Å². The van der Waals surface area contributed by atoms with Crippen molar-refractivity contribution < 1.29 is 38.7 Å². The third-order valence-corrected chi connectivity index (χ3v) is 3.15. The summed E-state index contributed by atoms with van der Waals surface area (Å²) in [7, 11) is 2.76. The number of hydrogen-bond donors (Lipinski definition) is 2. The number of esters is 2. The van der Waals surface area contributed by atoms with Crippen LogP contribution in [0.5, 0.6) is 0 Å². The number of carbonyl (C=O) groups excluding carboxylic acids is 2. The predicted octanol–water partition coefficient (Wildman–Crippen LogP) is 0.714. The van der Waals surface area contributed by atoms with Crippen LogP contribution in [0, 0.1) is 0 Å². The zero-order chi connectivity index (χ0) is 19.2. The number of methoxy groups -OCH3 is 2. The highest BCUT2D eigenvalue weighted by Gasteiger charge is 2.13. The summed E-state index contributed by atoms with van der Waals surface area (Å²) in [6.07, 6.45) is 3.14. The maximum absolute atomic E-state index is 11.6. The van der Waals surface area contributed by atoms with Crippen LogP contribution >= 0.6 is 0 Å². The van der Waals surface area contributed by atoms with Gasteiger partial charge in [-0.2, -0.15) is 0 Å². The zero-order valence-corrected chi connectivity index (χ0v) is 15.1. The van der Waals surface area contributed by atoms with E-state index in [1.807, 2.05) is 0 Å². The fraction of sp³-hybridized carbons (Fsp3) is 0.647. The monoisotopic (exact) mass is 360 g/mol. The van der Waals surface area contributed by atoms with Crippen LogP contribution in [-0.4, -0.2) is 67.6 Å². The number of aliphatic hydroxyl groups is 2. The Morgan fingerprint density at radius 1 is 1.00 bits per heavy atom. The smallest absolute Gasteiger partial charge is 0.330 e. The van der Waals surface area contributed by atoms with Gasteiger partial charge in [-0.15, -0.1) is 0 Å². The summed E-state index contributed by atoms with van der Waals surface area (Å²) in [6.45, 7) is 3.18. The Balaban J connectivity index is 4.39. The number of rotatable bonds is 12. The number of carbonyl (C=O) groups is 2. The normalized spacial score (nSPS) is 16.6. The van der Waals surface area contributed by atoms with E-state index in [0.717, 1.165) is 6.08 Å². The van der Waals surface area contributed by atoms with E-state index >= 15 is 0 Å². The van der Waals surface area contributed by atoms with E-state index in [1.165, 1.54) is 33.3 Å². The molecule has 0 aliphatic heterocycles. The van der Waals surface area contributed by atoms with E-state index in [2.05, 4.69) is 4.74 Å². The minimum atomic E-state index is -1.13. The Morgan fingerprint density at radius 3 is 2.20 bits per heavy atom. The molecule has 0 rings (SSSR count). The van der Waals surface area contributed by atoms with Gasteiger partial charge in [-0.05, 0) is 38.8 Å². The zero-order valence-electron chi connectivity index (χ0n) is 15.1. The van der Waals surface area contributed by atoms with Crippen LogP contribution in [0.2, 0.25) is 0 Å². The topological polar surface area (TPSA) is 112 Å². The Labute approximate surface area is 148 Å². The molecule has 0 aromatic carbocycles. The number of aliphatic hydroxyl groups excluding tert-OH is 2. The molecule has 144 valence electrons. The summed E-state index contributed by atoms with van der Waals surface area (Å²) in [5, 5.41) is 18.5. The van der Waals surface area contributed by atoms with E-state index in [9.17, 15) is 14.7 Å². The Morgan fingerprint density at radius 2 is 1.64 bits per heavy atom. The van der Waals surface area contributed by atoms with Gasteiger partial charge in [0.1, 0.15) is 6.79 Å². The molecule has 4 atom stereocenters. The Hall–Kier alpha value is -1.74. The highest BCUT2D eigenvalue weighted by atomic mass is 16.7. The van der Waals surface area contributed by atoms with Crippen molar-refractivity contribution in [3.63, 3.8) is 0 Å². The van der Waals surface area contributed by atoms with Gasteiger partial charge in [-0.1, -0.05) is 0 Å². The molecule has 0 radical (unpaired) electrons. The average molecular weight is 360 g/mol. The average Bonchev–Trinajstić information content (AvgIpc) is 2.58.